The van der Waals surface area contributed by atoms with E-state index >= 15 is 0 Å². The fourth-order valence-electron chi connectivity index (χ4n) is 1.01. The number of rotatable bonds is 6. The van der Waals surface area contributed by atoms with Crippen molar-refractivity contribution in [3.63, 3.8) is 0 Å². The Morgan fingerprint density at radius 3 is 2.42 bits per heavy atom. The molecule has 0 heterocycles. The van der Waals surface area contributed by atoms with Crippen LogP contribution in [0.2, 0.25) is 0 Å². The van der Waals surface area contributed by atoms with Gasteiger partial charge in [-0.2, -0.15) is 0 Å². The lowest BCUT2D eigenvalue weighted by atomic mass is 10.0. The number of hydrogen-bond acceptors (Lipinski definition) is 2. The van der Waals surface area contributed by atoms with E-state index in [1.54, 1.807) is 7.11 Å². The van der Waals surface area contributed by atoms with E-state index in [4.69, 9.17) is 4.74 Å². The first-order chi connectivity index (χ1) is 5.52. The van der Waals surface area contributed by atoms with Crippen LogP contribution in [0.25, 0.3) is 0 Å². The van der Waals surface area contributed by atoms with Crippen LogP contribution in [-0.2, 0) is 4.74 Å². The number of nitrogens with one attached hydrogen (secondary N) is 1. The van der Waals surface area contributed by atoms with Gasteiger partial charge in [0.1, 0.15) is 0 Å². The zero-order valence-corrected chi connectivity index (χ0v) is 9.11. The van der Waals surface area contributed by atoms with Crippen LogP contribution in [0.1, 0.15) is 34.1 Å². The lowest BCUT2D eigenvalue weighted by Gasteiger charge is -2.26. The molecule has 1 unspecified atom stereocenters. The molecule has 0 fully saturated rings. The van der Waals surface area contributed by atoms with Crippen molar-refractivity contribution in [1.29, 1.82) is 0 Å². The second kappa shape index (κ2) is 5.55. The molecule has 0 aliphatic heterocycles. The van der Waals surface area contributed by atoms with E-state index in [-0.39, 0.29) is 5.54 Å². The molecule has 0 spiro atoms. The average molecular weight is 173 g/mol. The normalized spacial score (nSPS) is 14.8. The highest BCUT2D eigenvalue weighted by atomic mass is 16.5. The van der Waals surface area contributed by atoms with Crippen LogP contribution >= 0.6 is 0 Å². The van der Waals surface area contributed by atoms with Gasteiger partial charge in [-0.3, -0.25) is 0 Å². The Morgan fingerprint density at radius 1 is 1.42 bits per heavy atom. The predicted molar refractivity (Wildman–Crippen MR) is 53.4 cm³/mol. The molecule has 0 aliphatic rings. The summed E-state index contributed by atoms with van der Waals surface area (Å²) in [6.07, 6.45) is 1.23. The molecule has 0 aromatic heterocycles. The minimum absolute atomic E-state index is 0.109. The molecule has 0 aromatic carbocycles. The molecule has 0 aliphatic carbocycles. The Morgan fingerprint density at radius 2 is 2.00 bits per heavy atom. The van der Waals surface area contributed by atoms with Crippen LogP contribution < -0.4 is 5.32 Å². The fourth-order valence-corrected chi connectivity index (χ4v) is 1.01. The monoisotopic (exact) mass is 173 g/mol. The van der Waals surface area contributed by atoms with E-state index in [9.17, 15) is 0 Å². The van der Waals surface area contributed by atoms with Crippen molar-refractivity contribution >= 4 is 0 Å². The first-order valence-corrected chi connectivity index (χ1v) is 4.75. The first-order valence-electron chi connectivity index (χ1n) is 4.75. The zero-order valence-electron chi connectivity index (χ0n) is 9.11. The summed E-state index contributed by atoms with van der Waals surface area (Å²) in [7, 11) is 1.74. The van der Waals surface area contributed by atoms with Gasteiger partial charge in [-0.05, 0) is 26.3 Å². The Kier molecular flexibility index (Phi) is 5.51. The molecule has 0 aromatic rings. The zero-order chi connectivity index (χ0) is 9.61. The molecule has 1 N–H and O–H groups in total. The van der Waals surface area contributed by atoms with Crippen LogP contribution in [0, 0.1) is 5.92 Å². The van der Waals surface area contributed by atoms with Gasteiger partial charge in [0.15, 0.2) is 0 Å². The van der Waals surface area contributed by atoms with E-state index in [1.807, 2.05) is 0 Å². The SMILES string of the molecule is CCC(C)CNC(C)(C)COC. The van der Waals surface area contributed by atoms with Gasteiger partial charge >= 0.3 is 0 Å². The minimum Gasteiger partial charge on any atom is -0.383 e. The summed E-state index contributed by atoms with van der Waals surface area (Å²) in [4.78, 5) is 0. The highest BCUT2D eigenvalue weighted by molar-refractivity contribution is 4.77. The van der Waals surface area contributed by atoms with Crippen LogP contribution in [0.15, 0.2) is 0 Å². The number of hydrogen-bond donors (Lipinski definition) is 1. The molecule has 0 amide bonds. The van der Waals surface area contributed by atoms with E-state index < -0.39 is 0 Å². The van der Waals surface area contributed by atoms with Gasteiger partial charge in [0.25, 0.3) is 0 Å². The van der Waals surface area contributed by atoms with Gasteiger partial charge < -0.3 is 10.1 Å². The maximum atomic E-state index is 5.11. The van der Waals surface area contributed by atoms with Crippen LogP contribution in [0.4, 0.5) is 0 Å². The summed E-state index contributed by atoms with van der Waals surface area (Å²) in [6, 6.07) is 0. The van der Waals surface area contributed by atoms with Crippen molar-refractivity contribution in [3.05, 3.63) is 0 Å². The molecule has 12 heavy (non-hydrogen) atoms. The minimum atomic E-state index is 0.109. The molecule has 0 radical (unpaired) electrons. The highest BCUT2D eigenvalue weighted by Crippen LogP contribution is 2.05. The van der Waals surface area contributed by atoms with Crippen molar-refractivity contribution in [2.24, 2.45) is 5.92 Å². The summed E-state index contributed by atoms with van der Waals surface area (Å²) >= 11 is 0. The van der Waals surface area contributed by atoms with Gasteiger partial charge in [0.05, 0.1) is 6.61 Å². The van der Waals surface area contributed by atoms with Gasteiger partial charge in [-0.25, -0.2) is 0 Å². The van der Waals surface area contributed by atoms with Gasteiger partial charge in [-0.15, -0.1) is 0 Å². The largest absolute Gasteiger partial charge is 0.383 e. The van der Waals surface area contributed by atoms with Crippen LogP contribution in [0.5, 0.6) is 0 Å². The van der Waals surface area contributed by atoms with Crippen LogP contribution in [-0.4, -0.2) is 25.8 Å². The summed E-state index contributed by atoms with van der Waals surface area (Å²) in [5.74, 6) is 0.751. The Labute approximate surface area is 76.7 Å². The quantitative estimate of drug-likeness (QED) is 0.663. The lowest BCUT2D eigenvalue weighted by Crippen LogP contribution is -2.45. The molecule has 74 valence electrons. The van der Waals surface area contributed by atoms with E-state index in [0.29, 0.717) is 0 Å². The Hall–Kier alpha value is -0.0800. The smallest absolute Gasteiger partial charge is 0.0639 e. The molecule has 0 bridgehead atoms. The summed E-state index contributed by atoms with van der Waals surface area (Å²) < 4.78 is 5.11. The molecule has 0 rings (SSSR count). The van der Waals surface area contributed by atoms with E-state index in [2.05, 4.69) is 33.0 Å². The van der Waals surface area contributed by atoms with Crippen molar-refractivity contribution < 1.29 is 4.74 Å². The third-order valence-electron chi connectivity index (χ3n) is 2.13. The van der Waals surface area contributed by atoms with Gasteiger partial charge in [0.2, 0.25) is 0 Å². The van der Waals surface area contributed by atoms with E-state index in [0.717, 1.165) is 19.1 Å². The molecular weight excluding hydrogens is 150 g/mol. The molecule has 0 saturated carbocycles. The molecule has 2 heteroatoms. The van der Waals surface area contributed by atoms with Crippen molar-refractivity contribution in [2.75, 3.05) is 20.3 Å². The predicted octanol–water partition coefficient (Wildman–Crippen LogP) is 2.05. The first kappa shape index (κ1) is 11.9. The fraction of sp³-hybridized carbons (Fsp3) is 1.00. The summed E-state index contributed by atoms with van der Waals surface area (Å²) in [6.45, 7) is 10.7. The van der Waals surface area contributed by atoms with Gasteiger partial charge in [-0.1, -0.05) is 20.3 Å². The van der Waals surface area contributed by atoms with Gasteiger partial charge in [0, 0.05) is 12.6 Å². The molecule has 2 nitrogen and oxygen atoms in total. The second-order valence-corrected chi connectivity index (χ2v) is 4.21. The number of ether oxygens (including phenoxy) is 1. The van der Waals surface area contributed by atoms with E-state index in [1.165, 1.54) is 6.42 Å². The Bertz CT molecular complexity index is 112. The summed E-state index contributed by atoms with van der Waals surface area (Å²) in [5, 5.41) is 3.49. The maximum Gasteiger partial charge on any atom is 0.0639 e. The maximum absolute atomic E-state index is 5.11. The standard InChI is InChI=1S/C10H23NO/c1-6-9(2)7-11-10(3,4)8-12-5/h9,11H,6-8H2,1-5H3. The molecule has 1 atom stereocenters. The summed E-state index contributed by atoms with van der Waals surface area (Å²) in [5.41, 5.74) is 0.109. The van der Waals surface area contributed by atoms with Crippen molar-refractivity contribution in [2.45, 2.75) is 39.7 Å². The third kappa shape index (κ3) is 5.56. The molecule has 0 saturated heterocycles. The highest BCUT2D eigenvalue weighted by Gasteiger charge is 2.16. The Balaban J connectivity index is 3.59. The van der Waals surface area contributed by atoms with Crippen LogP contribution in [0.3, 0.4) is 0 Å². The third-order valence-corrected chi connectivity index (χ3v) is 2.13. The number of methoxy groups -OCH3 is 1. The van der Waals surface area contributed by atoms with Crippen molar-refractivity contribution in [1.82, 2.24) is 5.32 Å². The molecular formula is C10H23NO. The average Bonchev–Trinajstić information content (AvgIpc) is 2.00. The second-order valence-electron chi connectivity index (χ2n) is 4.21. The van der Waals surface area contributed by atoms with Crippen molar-refractivity contribution in [3.8, 4) is 0 Å². The lowest BCUT2D eigenvalue weighted by molar-refractivity contribution is 0.126. The topological polar surface area (TPSA) is 21.3 Å².